The Balaban J connectivity index is 0.00000180. The summed E-state index contributed by atoms with van der Waals surface area (Å²) in [5.41, 5.74) is 6.47. The summed E-state index contributed by atoms with van der Waals surface area (Å²) in [6.07, 6.45) is 0.463. The number of hydrogen-bond donors (Lipinski definition) is 2. The molecule has 1 atom stereocenters. The fraction of sp³-hybridized carbons (Fsp3) is 0.364. The standard InChI is InChI=1S/C11H13BrN2O3S.ClH/c12-7-1-2-9(10(13)5-7)11(15)14-8-3-4-18(16,17)6-8;/h1-2,5,8H,3-4,6,13H2,(H,14,15);1H. The molecular weight excluding hydrogens is 356 g/mol. The number of carbonyl (C=O) groups excluding carboxylic acids is 1. The van der Waals surface area contributed by atoms with Crippen LogP contribution in [0.2, 0.25) is 0 Å². The number of anilines is 1. The number of amides is 1. The molecule has 0 bridgehead atoms. The minimum Gasteiger partial charge on any atom is -0.398 e. The van der Waals surface area contributed by atoms with Crippen LogP contribution in [0.5, 0.6) is 0 Å². The van der Waals surface area contributed by atoms with E-state index in [9.17, 15) is 13.2 Å². The number of carbonyl (C=O) groups is 1. The van der Waals surface area contributed by atoms with E-state index < -0.39 is 9.84 Å². The van der Waals surface area contributed by atoms with Crippen LogP contribution in [-0.4, -0.2) is 31.9 Å². The van der Waals surface area contributed by atoms with Crippen LogP contribution in [0.25, 0.3) is 0 Å². The number of nitrogen functional groups attached to an aromatic ring is 1. The highest BCUT2D eigenvalue weighted by Crippen LogP contribution is 2.19. The molecule has 0 aliphatic carbocycles. The molecule has 0 aromatic heterocycles. The number of benzene rings is 1. The number of nitrogens with one attached hydrogen (secondary N) is 1. The van der Waals surface area contributed by atoms with Gasteiger partial charge in [-0.15, -0.1) is 12.4 Å². The second-order valence-corrected chi connectivity index (χ2v) is 7.45. The van der Waals surface area contributed by atoms with Crippen LogP contribution in [0.4, 0.5) is 5.69 Å². The van der Waals surface area contributed by atoms with Gasteiger partial charge in [-0.25, -0.2) is 8.42 Å². The van der Waals surface area contributed by atoms with Gasteiger partial charge >= 0.3 is 0 Å². The van der Waals surface area contributed by atoms with Gasteiger partial charge in [0.15, 0.2) is 9.84 Å². The van der Waals surface area contributed by atoms with E-state index in [0.29, 0.717) is 17.7 Å². The lowest BCUT2D eigenvalue weighted by molar-refractivity contribution is 0.0942. The van der Waals surface area contributed by atoms with Gasteiger partial charge in [-0.3, -0.25) is 4.79 Å². The number of sulfone groups is 1. The lowest BCUT2D eigenvalue weighted by Gasteiger charge is -2.12. The summed E-state index contributed by atoms with van der Waals surface area (Å²) in [4.78, 5) is 11.9. The third-order valence-electron chi connectivity index (χ3n) is 2.83. The number of nitrogens with two attached hydrogens (primary N) is 1. The average molecular weight is 370 g/mol. The molecule has 0 radical (unpaired) electrons. The molecule has 2 rings (SSSR count). The fourth-order valence-electron chi connectivity index (χ4n) is 1.91. The van der Waals surface area contributed by atoms with Crippen molar-refractivity contribution in [2.45, 2.75) is 12.5 Å². The van der Waals surface area contributed by atoms with Gasteiger partial charge < -0.3 is 11.1 Å². The first kappa shape index (κ1) is 16.3. The smallest absolute Gasteiger partial charge is 0.253 e. The third kappa shape index (κ3) is 4.09. The number of rotatable bonds is 2. The van der Waals surface area contributed by atoms with Crippen molar-refractivity contribution in [2.75, 3.05) is 17.2 Å². The summed E-state index contributed by atoms with van der Waals surface area (Å²) in [5, 5.41) is 2.70. The number of hydrogen-bond acceptors (Lipinski definition) is 4. The Labute approximate surface area is 126 Å². The summed E-state index contributed by atoms with van der Waals surface area (Å²) in [6.45, 7) is 0. The zero-order valence-electron chi connectivity index (χ0n) is 9.93. The molecule has 0 saturated carbocycles. The molecule has 1 aliphatic rings. The van der Waals surface area contributed by atoms with Crippen molar-refractivity contribution in [1.82, 2.24) is 5.32 Å². The monoisotopic (exact) mass is 368 g/mol. The minimum atomic E-state index is -2.99. The van der Waals surface area contributed by atoms with Crippen LogP contribution < -0.4 is 11.1 Å². The minimum absolute atomic E-state index is 0. The summed E-state index contributed by atoms with van der Waals surface area (Å²) < 4.78 is 23.4. The van der Waals surface area contributed by atoms with Gasteiger partial charge in [-0.05, 0) is 24.6 Å². The molecule has 1 aromatic carbocycles. The highest BCUT2D eigenvalue weighted by Gasteiger charge is 2.29. The third-order valence-corrected chi connectivity index (χ3v) is 5.09. The molecule has 1 amide bonds. The largest absolute Gasteiger partial charge is 0.398 e. The Kier molecular flexibility index (Phi) is 5.23. The summed E-state index contributed by atoms with van der Waals surface area (Å²) >= 11 is 3.26. The van der Waals surface area contributed by atoms with Gasteiger partial charge in [0, 0.05) is 16.2 Å². The molecule has 1 fully saturated rings. The van der Waals surface area contributed by atoms with Gasteiger partial charge in [-0.2, -0.15) is 0 Å². The van der Waals surface area contributed by atoms with E-state index in [0.717, 1.165) is 4.47 Å². The Morgan fingerprint density at radius 3 is 2.63 bits per heavy atom. The van der Waals surface area contributed by atoms with Crippen LogP contribution in [0, 0.1) is 0 Å². The van der Waals surface area contributed by atoms with E-state index in [1.165, 1.54) is 0 Å². The molecule has 3 N–H and O–H groups in total. The Morgan fingerprint density at radius 2 is 2.11 bits per heavy atom. The van der Waals surface area contributed by atoms with Crippen molar-refractivity contribution in [3.05, 3.63) is 28.2 Å². The van der Waals surface area contributed by atoms with Gasteiger partial charge in [0.25, 0.3) is 5.91 Å². The van der Waals surface area contributed by atoms with Crippen molar-refractivity contribution in [3.63, 3.8) is 0 Å². The molecule has 8 heteroatoms. The first-order chi connectivity index (χ1) is 8.37. The summed E-state index contributed by atoms with van der Waals surface area (Å²) in [7, 11) is -2.99. The molecule has 1 heterocycles. The molecule has 1 aromatic rings. The second-order valence-electron chi connectivity index (χ2n) is 4.30. The predicted octanol–water partition coefficient (Wildman–Crippen LogP) is 1.37. The van der Waals surface area contributed by atoms with Gasteiger partial charge in [0.05, 0.1) is 17.1 Å². The zero-order chi connectivity index (χ0) is 13.3. The Morgan fingerprint density at radius 1 is 1.42 bits per heavy atom. The van der Waals surface area contributed by atoms with Crippen LogP contribution in [-0.2, 0) is 9.84 Å². The van der Waals surface area contributed by atoms with Crippen LogP contribution >= 0.6 is 28.3 Å². The van der Waals surface area contributed by atoms with E-state index in [2.05, 4.69) is 21.2 Å². The van der Waals surface area contributed by atoms with E-state index in [4.69, 9.17) is 5.73 Å². The molecule has 106 valence electrons. The fourth-order valence-corrected chi connectivity index (χ4v) is 3.96. The van der Waals surface area contributed by atoms with Crippen LogP contribution in [0.3, 0.4) is 0 Å². The van der Waals surface area contributed by atoms with Crippen molar-refractivity contribution in [3.8, 4) is 0 Å². The van der Waals surface area contributed by atoms with E-state index in [1.54, 1.807) is 18.2 Å². The molecule has 1 saturated heterocycles. The summed E-state index contributed by atoms with van der Waals surface area (Å²) in [5.74, 6) is -0.190. The first-order valence-electron chi connectivity index (χ1n) is 5.44. The van der Waals surface area contributed by atoms with Gasteiger partial charge in [-0.1, -0.05) is 15.9 Å². The average Bonchev–Trinajstić information content (AvgIpc) is 2.57. The van der Waals surface area contributed by atoms with Gasteiger partial charge in [0.1, 0.15) is 0 Å². The maximum absolute atomic E-state index is 11.9. The quantitative estimate of drug-likeness (QED) is 0.771. The molecule has 0 spiro atoms. The Hall–Kier alpha value is -0.790. The van der Waals surface area contributed by atoms with E-state index in [-0.39, 0.29) is 35.9 Å². The van der Waals surface area contributed by atoms with Crippen molar-refractivity contribution >= 4 is 49.8 Å². The second kappa shape index (κ2) is 6.11. The predicted molar refractivity (Wildman–Crippen MR) is 80.3 cm³/mol. The van der Waals surface area contributed by atoms with Crippen LogP contribution in [0.1, 0.15) is 16.8 Å². The first-order valence-corrected chi connectivity index (χ1v) is 8.05. The lowest BCUT2D eigenvalue weighted by Crippen LogP contribution is -2.35. The Bertz CT molecular complexity index is 592. The van der Waals surface area contributed by atoms with Crippen molar-refractivity contribution in [2.24, 2.45) is 0 Å². The van der Waals surface area contributed by atoms with Crippen molar-refractivity contribution in [1.29, 1.82) is 0 Å². The molecule has 19 heavy (non-hydrogen) atoms. The SMILES string of the molecule is Cl.Nc1cc(Br)ccc1C(=O)NC1CCS(=O)(=O)C1. The van der Waals surface area contributed by atoms with Gasteiger partial charge in [0.2, 0.25) is 0 Å². The maximum Gasteiger partial charge on any atom is 0.253 e. The number of halogens is 2. The van der Waals surface area contributed by atoms with Crippen molar-refractivity contribution < 1.29 is 13.2 Å². The highest BCUT2D eigenvalue weighted by molar-refractivity contribution is 9.10. The summed E-state index contributed by atoms with van der Waals surface area (Å²) in [6, 6.07) is 4.65. The molecule has 1 aliphatic heterocycles. The molecule has 5 nitrogen and oxygen atoms in total. The highest BCUT2D eigenvalue weighted by atomic mass is 79.9. The molecular formula is C11H14BrClN2O3S. The lowest BCUT2D eigenvalue weighted by atomic mass is 10.1. The topological polar surface area (TPSA) is 89.3 Å². The zero-order valence-corrected chi connectivity index (χ0v) is 13.1. The maximum atomic E-state index is 11.9. The van der Waals surface area contributed by atoms with E-state index in [1.807, 2.05) is 0 Å². The molecule has 1 unspecified atom stereocenters. The van der Waals surface area contributed by atoms with Crippen LogP contribution in [0.15, 0.2) is 22.7 Å². The normalized spacial score (nSPS) is 20.6. The van der Waals surface area contributed by atoms with E-state index >= 15 is 0 Å².